The molecule has 1 aromatic heterocycles. The molecule has 5 nitrogen and oxygen atoms in total. The van der Waals surface area contributed by atoms with Crippen molar-refractivity contribution in [3.63, 3.8) is 0 Å². The predicted octanol–water partition coefficient (Wildman–Crippen LogP) is 1.75. The summed E-state index contributed by atoms with van der Waals surface area (Å²) in [6.07, 6.45) is 0. The van der Waals surface area contributed by atoms with Gasteiger partial charge in [0, 0.05) is 26.2 Å². The van der Waals surface area contributed by atoms with Crippen molar-refractivity contribution in [3.05, 3.63) is 28.6 Å². The topological polar surface area (TPSA) is 58.4 Å². The van der Waals surface area contributed by atoms with E-state index in [0.717, 1.165) is 0 Å². The Bertz CT molecular complexity index is 644. The lowest BCUT2D eigenvalue weighted by Gasteiger charge is -2.21. The van der Waals surface area contributed by atoms with Gasteiger partial charge in [0.15, 0.2) is 0 Å². The van der Waals surface area contributed by atoms with E-state index in [1.54, 1.807) is 15.5 Å². The molecule has 0 aliphatic heterocycles. The average molecular weight is 247 g/mol. The summed E-state index contributed by atoms with van der Waals surface area (Å²) in [5, 5.41) is 9.99. The first-order valence-electron chi connectivity index (χ1n) is 5.84. The number of anilines is 1. The summed E-state index contributed by atoms with van der Waals surface area (Å²) in [7, 11) is 3.69. The molecule has 0 unspecified atom stereocenters. The summed E-state index contributed by atoms with van der Waals surface area (Å²) in [5.74, 6) is 0.703. The van der Waals surface area contributed by atoms with Crippen LogP contribution in [0.3, 0.4) is 0 Å². The Labute approximate surface area is 105 Å². The Morgan fingerprint density at radius 2 is 2.00 bits per heavy atom. The summed E-state index contributed by atoms with van der Waals surface area (Å²) < 4.78 is 1.65. The number of rotatable bonds is 2. The molecule has 0 amide bonds. The Morgan fingerprint density at radius 1 is 1.33 bits per heavy atom. The molecule has 1 N–H and O–H groups in total. The molecule has 0 bridgehead atoms. The van der Waals surface area contributed by atoms with Crippen LogP contribution in [0, 0.1) is 0 Å². The van der Waals surface area contributed by atoms with Crippen molar-refractivity contribution in [2.24, 2.45) is 0 Å². The van der Waals surface area contributed by atoms with E-state index in [9.17, 15) is 9.90 Å². The van der Waals surface area contributed by atoms with E-state index >= 15 is 0 Å². The van der Waals surface area contributed by atoms with Crippen LogP contribution >= 0.6 is 0 Å². The number of hydrogen-bond acceptors (Lipinski definition) is 4. The molecule has 2 rings (SSSR count). The Morgan fingerprint density at radius 3 is 2.56 bits per heavy atom. The van der Waals surface area contributed by atoms with Gasteiger partial charge in [0.25, 0.3) is 5.56 Å². The molecular formula is C13H17N3O2. The van der Waals surface area contributed by atoms with Gasteiger partial charge in [-0.25, -0.2) is 4.98 Å². The highest BCUT2D eigenvalue weighted by atomic mass is 16.3. The Kier molecular flexibility index (Phi) is 2.98. The molecule has 0 fully saturated rings. The fraction of sp³-hybridized carbons (Fsp3) is 0.385. The zero-order chi connectivity index (χ0) is 13.4. The third kappa shape index (κ3) is 1.92. The van der Waals surface area contributed by atoms with Crippen LogP contribution in [0.5, 0.6) is 5.75 Å². The summed E-state index contributed by atoms with van der Waals surface area (Å²) in [4.78, 5) is 18.7. The van der Waals surface area contributed by atoms with Crippen molar-refractivity contribution < 1.29 is 5.11 Å². The monoisotopic (exact) mass is 247 g/mol. The molecule has 0 atom stereocenters. The minimum absolute atomic E-state index is 0.0283. The Hall–Kier alpha value is -2.04. The standard InChI is InChI=1S/C13H17N3O2/c1-8(2)16-12(18)10-6-5-9(17)7-11(10)14-13(16)15(3)4/h5-8,17H,1-4H3. The second kappa shape index (κ2) is 4.33. The second-order valence-corrected chi connectivity index (χ2v) is 4.78. The normalized spacial score (nSPS) is 11.2. The van der Waals surface area contributed by atoms with Crippen molar-refractivity contribution >= 4 is 16.9 Å². The van der Waals surface area contributed by atoms with Crippen molar-refractivity contribution in [3.8, 4) is 5.75 Å². The number of aromatic nitrogens is 2. The lowest BCUT2D eigenvalue weighted by Crippen LogP contribution is -2.29. The van der Waals surface area contributed by atoms with Crippen LogP contribution < -0.4 is 10.5 Å². The van der Waals surface area contributed by atoms with Gasteiger partial charge in [0.1, 0.15) is 5.75 Å². The fourth-order valence-electron chi connectivity index (χ4n) is 1.96. The van der Waals surface area contributed by atoms with Gasteiger partial charge < -0.3 is 10.0 Å². The average Bonchev–Trinajstić information content (AvgIpc) is 2.27. The summed E-state index contributed by atoms with van der Waals surface area (Å²) in [6, 6.07) is 4.65. The summed E-state index contributed by atoms with van der Waals surface area (Å²) >= 11 is 0. The van der Waals surface area contributed by atoms with Crippen LogP contribution in [-0.2, 0) is 0 Å². The molecule has 0 saturated carbocycles. The number of hydrogen-bond donors (Lipinski definition) is 1. The number of aromatic hydroxyl groups is 1. The van der Waals surface area contributed by atoms with Crippen molar-refractivity contribution in [1.29, 1.82) is 0 Å². The van der Waals surface area contributed by atoms with Crippen molar-refractivity contribution in [2.45, 2.75) is 19.9 Å². The largest absolute Gasteiger partial charge is 0.508 e. The third-order valence-electron chi connectivity index (χ3n) is 2.78. The minimum atomic E-state index is -0.0845. The molecule has 0 radical (unpaired) electrons. The van der Waals surface area contributed by atoms with Crippen LogP contribution in [0.25, 0.3) is 10.9 Å². The quantitative estimate of drug-likeness (QED) is 0.878. The maximum atomic E-state index is 12.4. The van der Waals surface area contributed by atoms with Crippen molar-refractivity contribution in [2.75, 3.05) is 19.0 Å². The van der Waals surface area contributed by atoms with Gasteiger partial charge in [-0.3, -0.25) is 9.36 Å². The van der Waals surface area contributed by atoms with E-state index in [2.05, 4.69) is 4.98 Å². The van der Waals surface area contributed by atoms with Crippen LogP contribution in [0.15, 0.2) is 23.0 Å². The smallest absolute Gasteiger partial charge is 0.263 e. The van der Waals surface area contributed by atoms with Gasteiger partial charge in [-0.2, -0.15) is 0 Å². The van der Waals surface area contributed by atoms with E-state index in [4.69, 9.17) is 0 Å². The maximum absolute atomic E-state index is 12.4. The van der Waals surface area contributed by atoms with Crippen LogP contribution in [0.2, 0.25) is 0 Å². The van der Waals surface area contributed by atoms with Gasteiger partial charge in [0.2, 0.25) is 5.95 Å². The SMILES string of the molecule is CC(C)n1c(N(C)C)nc2cc(O)ccc2c1=O. The second-order valence-electron chi connectivity index (χ2n) is 4.78. The molecule has 18 heavy (non-hydrogen) atoms. The van der Waals surface area contributed by atoms with Crippen LogP contribution in [0.1, 0.15) is 19.9 Å². The molecule has 0 aliphatic rings. The van der Waals surface area contributed by atoms with Gasteiger partial charge >= 0.3 is 0 Å². The predicted molar refractivity (Wildman–Crippen MR) is 72.4 cm³/mol. The van der Waals surface area contributed by atoms with Gasteiger partial charge in [-0.15, -0.1) is 0 Å². The highest BCUT2D eigenvalue weighted by Crippen LogP contribution is 2.20. The molecule has 2 aromatic rings. The van der Waals surface area contributed by atoms with E-state index in [-0.39, 0.29) is 17.4 Å². The molecule has 0 saturated heterocycles. The molecule has 1 heterocycles. The van der Waals surface area contributed by atoms with Gasteiger partial charge in [-0.1, -0.05) is 0 Å². The van der Waals surface area contributed by atoms with Crippen molar-refractivity contribution in [1.82, 2.24) is 9.55 Å². The Balaban J connectivity index is 2.90. The minimum Gasteiger partial charge on any atom is -0.508 e. The number of nitrogens with zero attached hydrogens (tertiary/aromatic N) is 3. The number of benzene rings is 1. The zero-order valence-corrected chi connectivity index (χ0v) is 11.0. The fourth-order valence-corrected chi connectivity index (χ4v) is 1.96. The highest BCUT2D eigenvalue weighted by Gasteiger charge is 2.14. The highest BCUT2D eigenvalue weighted by molar-refractivity contribution is 5.80. The van der Waals surface area contributed by atoms with E-state index in [1.165, 1.54) is 12.1 Å². The first-order chi connectivity index (χ1) is 8.41. The molecule has 0 spiro atoms. The lowest BCUT2D eigenvalue weighted by atomic mass is 10.2. The molecule has 5 heteroatoms. The van der Waals surface area contributed by atoms with Crippen LogP contribution in [-0.4, -0.2) is 28.8 Å². The lowest BCUT2D eigenvalue weighted by molar-refractivity contribution is 0.476. The molecular weight excluding hydrogens is 230 g/mol. The molecule has 1 aromatic carbocycles. The number of phenols is 1. The maximum Gasteiger partial charge on any atom is 0.263 e. The summed E-state index contributed by atoms with van der Waals surface area (Å²) in [6.45, 7) is 3.89. The number of fused-ring (bicyclic) bond motifs is 1. The first kappa shape index (κ1) is 12.4. The molecule has 0 aliphatic carbocycles. The number of phenolic OH excluding ortho intramolecular Hbond substituents is 1. The first-order valence-corrected chi connectivity index (χ1v) is 5.84. The van der Waals surface area contributed by atoms with E-state index in [0.29, 0.717) is 16.9 Å². The summed E-state index contributed by atoms with van der Waals surface area (Å²) in [5.41, 5.74) is 0.430. The van der Waals surface area contributed by atoms with Gasteiger partial charge in [0.05, 0.1) is 10.9 Å². The van der Waals surface area contributed by atoms with E-state index < -0.39 is 0 Å². The third-order valence-corrected chi connectivity index (χ3v) is 2.78. The van der Waals surface area contributed by atoms with Gasteiger partial charge in [-0.05, 0) is 26.0 Å². The molecule has 96 valence electrons. The van der Waals surface area contributed by atoms with E-state index in [1.807, 2.05) is 27.9 Å². The van der Waals surface area contributed by atoms with Crippen LogP contribution in [0.4, 0.5) is 5.95 Å². The zero-order valence-electron chi connectivity index (χ0n) is 11.0.